The Morgan fingerprint density at radius 3 is 1.92 bits per heavy atom. The number of hydrogen-bond donors (Lipinski definition) is 2. The summed E-state index contributed by atoms with van der Waals surface area (Å²) >= 11 is 0. The largest absolute Gasteiger partial charge is 0.317 e. The molecule has 0 aliphatic carbocycles. The molecule has 2 N–H and O–H groups in total. The summed E-state index contributed by atoms with van der Waals surface area (Å²) in [6.45, 7) is 10.6. The van der Waals surface area contributed by atoms with Crippen molar-refractivity contribution in [2.24, 2.45) is 0 Å². The highest BCUT2D eigenvalue weighted by Crippen LogP contribution is 1.84. The van der Waals surface area contributed by atoms with E-state index in [-0.39, 0.29) is 0 Å². The first-order valence-corrected chi connectivity index (χ1v) is 5.62. The molecule has 0 bridgehead atoms. The van der Waals surface area contributed by atoms with Crippen LogP contribution in [0.1, 0.15) is 39.0 Å². The lowest BCUT2D eigenvalue weighted by Gasteiger charge is -2.04. The Morgan fingerprint density at radius 2 is 1.38 bits per heavy atom. The molecule has 2 heteroatoms. The number of hydrogen-bond acceptors (Lipinski definition) is 2. The summed E-state index contributed by atoms with van der Waals surface area (Å²) in [5.74, 6) is 0. The van der Waals surface area contributed by atoms with Crippen molar-refractivity contribution in [3.8, 4) is 0 Å². The molecule has 0 amide bonds. The van der Waals surface area contributed by atoms with E-state index >= 15 is 0 Å². The second-order valence-corrected chi connectivity index (χ2v) is 3.41. The fraction of sp³-hybridized carbons (Fsp3) is 0.909. The third-order valence-corrected chi connectivity index (χ3v) is 2.02. The van der Waals surface area contributed by atoms with E-state index in [4.69, 9.17) is 0 Å². The van der Waals surface area contributed by atoms with Gasteiger partial charge in [0.05, 0.1) is 0 Å². The standard InChI is InChI=1S/C11H25N2/c1-3-5-8-12-10-7-11-13-9-6-4-2/h12-13H,1,3-11H2,2H3. The van der Waals surface area contributed by atoms with Crippen LogP contribution in [0, 0.1) is 6.92 Å². The molecule has 0 aromatic heterocycles. The molecular formula is C11H25N2. The summed E-state index contributed by atoms with van der Waals surface area (Å²) in [5.41, 5.74) is 0. The Balaban J connectivity index is 2.76. The van der Waals surface area contributed by atoms with E-state index in [2.05, 4.69) is 24.5 Å². The van der Waals surface area contributed by atoms with Gasteiger partial charge < -0.3 is 10.6 Å². The molecule has 1 radical (unpaired) electrons. The Labute approximate surface area is 83.5 Å². The van der Waals surface area contributed by atoms with Gasteiger partial charge in [0.1, 0.15) is 0 Å². The van der Waals surface area contributed by atoms with Gasteiger partial charge in [-0.25, -0.2) is 0 Å². The van der Waals surface area contributed by atoms with Crippen molar-refractivity contribution in [2.75, 3.05) is 26.2 Å². The summed E-state index contributed by atoms with van der Waals surface area (Å²) < 4.78 is 0. The topological polar surface area (TPSA) is 24.1 Å². The van der Waals surface area contributed by atoms with Crippen LogP contribution in [0.4, 0.5) is 0 Å². The molecule has 0 aromatic rings. The van der Waals surface area contributed by atoms with Crippen LogP contribution in [0.3, 0.4) is 0 Å². The molecule has 0 fully saturated rings. The average Bonchev–Trinajstić information content (AvgIpc) is 2.16. The first kappa shape index (κ1) is 12.9. The van der Waals surface area contributed by atoms with Crippen molar-refractivity contribution >= 4 is 0 Å². The lowest BCUT2D eigenvalue weighted by Crippen LogP contribution is -2.23. The fourth-order valence-corrected chi connectivity index (χ4v) is 1.14. The maximum absolute atomic E-state index is 3.80. The molecule has 2 nitrogen and oxygen atoms in total. The maximum Gasteiger partial charge on any atom is -0.00368 e. The molecule has 0 aliphatic rings. The van der Waals surface area contributed by atoms with Crippen molar-refractivity contribution < 1.29 is 0 Å². The molecule has 0 saturated heterocycles. The number of unbranched alkanes of at least 4 members (excludes halogenated alkanes) is 2. The molecular weight excluding hydrogens is 160 g/mol. The second-order valence-electron chi connectivity index (χ2n) is 3.41. The first-order chi connectivity index (χ1) is 6.41. The average molecular weight is 185 g/mol. The summed E-state index contributed by atoms with van der Waals surface area (Å²) in [7, 11) is 0. The van der Waals surface area contributed by atoms with Crippen LogP contribution in [0.2, 0.25) is 0 Å². The van der Waals surface area contributed by atoms with Gasteiger partial charge in [-0.15, -0.1) is 0 Å². The van der Waals surface area contributed by atoms with Gasteiger partial charge >= 0.3 is 0 Å². The maximum atomic E-state index is 3.80. The number of rotatable bonds is 10. The molecule has 0 aliphatic heterocycles. The van der Waals surface area contributed by atoms with E-state index < -0.39 is 0 Å². The lowest BCUT2D eigenvalue weighted by atomic mass is 10.3. The molecule has 0 unspecified atom stereocenters. The van der Waals surface area contributed by atoms with Crippen molar-refractivity contribution in [3.05, 3.63) is 6.92 Å². The van der Waals surface area contributed by atoms with E-state index in [1.54, 1.807) is 0 Å². The van der Waals surface area contributed by atoms with E-state index in [0.717, 1.165) is 26.1 Å². The highest BCUT2D eigenvalue weighted by Gasteiger charge is 1.88. The van der Waals surface area contributed by atoms with Crippen LogP contribution in [0.5, 0.6) is 0 Å². The van der Waals surface area contributed by atoms with Crippen molar-refractivity contribution in [1.82, 2.24) is 10.6 Å². The highest BCUT2D eigenvalue weighted by atomic mass is 14.9. The number of nitrogens with one attached hydrogen (secondary N) is 2. The van der Waals surface area contributed by atoms with E-state index in [1.807, 2.05) is 0 Å². The molecule has 0 saturated carbocycles. The zero-order valence-corrected chi connectivity index (χ0v) is 9.07. The summed E-state index contributed by atoms with van der Waals surface area (Å²) in [4.78, 5) is 0. The molecule has 0 rings (SSSR count). The third kappa shape index (κ3) is 11.9. The predicted octanol–water partition coefficient (Wildman–Crippen LogP) is 1.97. The van der Waals surface area contributed by atoms with Crippen molar-refractivity contribution in [2.45, 2.75) is 39.0 Å². The van der Waals surface area contributed by atoms with Gasteiger partial charge in [-0.1, -0.05) is 26.7 Å². The molecule has 79 valence electrons. The Morgan fingerprint density at radius 1 is 0.846 bits per heavy atom. The molecule has 13 heavy (non-hydrogen) atoms. The minimum absolute atomic E-state index is 1.04. The van der Waals surface area contributed by atoms with Gasteiger partial charge in [0.2, 0.25) is 0 Å². The summed E-state index contributed by atoms with van der Waals surface area (Å²) in [6, 6.07) is 0. The molecule has 0 heterocycles. The zero-order valence-electron chi connectivity index (χ0n) is 9.07. The monoisotopic (exact) mass is 185 g/mol. The first-order valence-electron chi connectivity index (χ1n) is 5.62. The van der Waals surface area contributed by atoms with E-state index in [9.17, 15) is 0 Å². The second kappa shape index (κ2) is 11.9. The van der Waals surface area contributed by atoms with Crippen LogP contribution in [-0.2, 0) is 0 Å². The fourth-order valence-electron chi connectivity index (χ4n) is 1.14. The SMILES string of the molecule is [CH2]CCCNCCCNCCCC. The lowest BCUT2D eigenvalue weighted by molar-refractivity contribution is 0.575. The van der Waals surface area contributed by atoms with Gasteiger partial charge in [-0.05, 0) is 45.4 Å². The summed E-state index contributed by atoms with van der Waals surface area (Å²) in [5, 5.41) is 6.82. The van der Waals surface area contributed by atoms with Gasteiger partial charge in [0.15, 0.2) is 0 Å². The summed E-state index contributed by atoms with van der Waals surface area (Å²) in [6.07, 6.45) is 6.07. The van der Waals surface area contributed by atoms with Gasteiger partial charge in [0, 0.05) is 0 Å². The molecule has 0 atom stereocenters. The molecule has 0 aromatic carbocycles. The van der Waals surface area contributed by atoms with E-state index in [1.165, 1.54) is 32.2 Å². The van der Waals surface area contributed by atoms with Crippen LogP contribution in [0.15, 0.2) is 0 Å². The van der Waals surface area contributed by atoms with Crippen LogP contribution >= 0.6 is 0 Å². The van der Waals surface area contributed by atoms with Gasteiger partial charge in [-0.2, -0.15) is 0 Å². The van der Waals surface area contributed by atoms with Crippen molar-refractivity contribution in [1.29, 1.82) is 0 Å². The van der Waals surface area contributed by atoms with Gasteiger partial charge in [0.25, 0.3) is 0 Å². The van der Waals surface area contributed by atoms with Crippen LogP contribution in [0.25, 0.3) is 0 Å². The Kier molecular flexibility index (Phi) is 11.8. The van der Waals surface area contributed by atoms with Gasteiger partial charge in [-0.3, -0.25) is 0 Å². The quantitative estimate of drug-likeness (QED) is 0.508. The smallest absolute Gasteiger partial charge is 0.00368 e. The normalized spacial score (nSPS) is 10.6. The third-order valence-electron chi connectivity index (χ3n) is 2.02. The Hall–Kier alpha value is -0.0800. The minimum atomic E-state index is 1.04. The minimum Gasteiger partial charge on any atom is -0.317 e. The van der Waals surface area contributed by atoms with E-state index in [0.29, 0.717) is 0 Å². The van der Waals surface area contributed by atoms with Crippen LogP contribution < -0.4 is 10.6 Å². The predicted molar refractivity (Wildman–Crippen MR) is 59.9 cm³/mol. The molecule has 0 spiro atoms. The van der Waals surface area contributed by atoms with Crippen molar-refractivity contribution in [3.63, 3.8) is 0 Å². The van der Waals surface area contributed by atoms with Crippen LogP contribution in [-0.4, -0.2) is 26.2 Å². The highest BCUT2D eigenvalue weighted by molar-refractivity contribution is 4.52. The Bertz CT molecular complexity index is 74.2. The zero-order chi connectivity index (χ0) is 9.78.